The first-order chi connectivity index (χ1) is 14.7. The quantitative estimate of drug-likeness (QED) is 0.435. The second kappa shape index (κ2) is 7.64. The Hall–Kier alpha value is -3.65. The zero-order valence-electron chi connectivity index (χ0n) is 16.3. The van der Waals surface area contributed by atoms with Crippen molar-refractivity contribution in [2.45, 2.75) is 20.0 Å². The lowest BCUT2D eigenvalue weighted by Gasteiger charge is -2.20. The highest BCUT2D eigenvalue weighted by Gasteiger charge is 2.22. The number of benzene rings is 2. The van der Waals surface area contributed by atoms with Gasteiger partial charge in [0.1, 0.15) is 12.1 Å². The minimum atomic E-state index is -0.106. The average molecular weight is 414 g/mol. The van der Waals surface area contributed by atoms with E-state index in [4.69, 9.17) is 4.98 Å². The molecule has 0 radical (unpaired) electrons. The van der Waals surface area contributed by atoms with Gasteiger partial charge >= 0.3 is 0 Å². The molecule has 0 aliphatic rings. The number of carbonyl (C=O) groups excluding carboxylic acids is 1. The summed E-state index contributed by atoms with van der Waals surface area (Å²) in [6.07, 6.45) is 3.49. The van der Waals surface area contributed by atoms with Gasteiger partial charge in [-0.05, 0) is 48.4 Å². The Bertz CT molecular complexity index is 1340. The monoisotopic (exact) mass is 414 g/mol. The summed E-state index contributed by atoms with van der Waals surface area (Å²) < 4.78 is 2.69. The molecule has 0 saturated carbocycles. The fraction of sp³-hybridized carbons (Fsp3) is 0.136. The first-order valence-electron chi connectivity index (χ1n) is 9.52. The predicted octanol–water partition coefficient (Wildman–Crippen LogP) is 3.98. The first-order valence-corrected chi connectivity index (χ1v) is 10.3. The van der Waals surface area contributed by atoms with Crippen LogP contribution in [0, 0.1) is 6.92 Å². The number of rotatable bonds is 5. The van der Waals surface area contributed by atoms with Gasteiger partial charge in [0.15, 0.2) is 5.13 Å². The SMILES string of the molecule is Cc1ccc2nc(N(Cc3cccnc3)C(=O)Cn3nnc4ccccc43)sc2c1. The molecule has 8 heteroatoms. The van der Waals surface area contributed by atoms with Gasteiger partial charge in [0.2, 0.25) is 0 Å². The van der Waals surface area contributed by atoms with E-state index < -0.39 is 0 Å². The van der Waals surface area contributed by atoms with Gasteiger partial charge in [-0.25, -0.2) is 9.67 Å². The van der Waals surface area contributed by atoms with E-state index >= 15 is 0 Å². The standard InChI is InChI=1S/C22H18N6OS/c1-15-8-9-18-20(11-15)30-22(24-18)27(13-16-5-4-10-23-12-16)21(29)14-28-19-7-3-2-6-17(19)25-26-28/h2-12H,13-14H2,1H3. The fourth-order valence-electron chi connectivity index (χ4n) is 3.32. The zero-order valence-corrected chi connectivity index (χ0v) is 17.1. The van der Waals surface area contributed by atoms with E-state index in [1.54, 1.807) is 22.0 Å². The molecular weight excluding hydrogens is 396 g/mol. The van der Waals surface area contributed by atoms with Crippen molar-refractivity contribution in [1.82, 2.24) is 25.0 Å². The molecule has 5 rings (SSSR count). The highest BCUT2D eigenvalue weighted by molar-refractivity contribution is 7.22. The number of nitrogens with zero attached hydrogens (tertiary/aromatic N) is 6. The number of aryl methyl sites for hydroxylation is 1. The van der Waals surface area contributed by atoms with E-state index in [9.17, 15) is 4.79 Å². The summed E-state index contributed by atoms with van der Waals surface area (Å²) in [7, 11) is 0. The summed E-state index contributed by atoms with van der Waals surface area (Å²) in [5.41, 5.74) is 4.57. The maximum absolute atomic E-state index is 13.4. The van der Waals surface area contributed by atoms with Gasteiger partial charge in [0.05, 0.1) is 22.3 Å². The van der Waals surface area contributed by atoms with Crippen LogP contribution in [0.2, 0.25) is 0 Å². The van der Waals surface area contributed by atoms with Crippen molar-refractivity contribution in [3.8, 4) is 0 Å². The number of pyridine rings is 1. The van der Waals surface area contributed by atoms with Crippen LogP contribution >= 0.6 is 11.3 Å². The smallest absolute Gasteiger partial charge is 0.250 e. The number of thiazole rings is 1. The van der Waals surface area contributed by atoms with Gasteiger partial charge in [-0.15, -0.1) is 5.10 Å². The van der Waals surface area contributed by atoms with E-state index in [0.717, 1.165) is 32.4 Å². The predicted molar refractivity (Wildman–Crippen MR) is 117 cm³/mol. The fourth-order valence-corrected chi connectivity index (χ4v) is 4.40. The van der Waals surface area contributed by atoms with Gasteiger partial charge in [0, 0.05) is 12.4 Å². The molecule has 0 N–H and O–H groups in total. The number of carbonyl (C=O) groups is 1. The van der Waals surface area contributed by atoms with E-state index in [0.29, 0.717) is 11.7 Å². The molecule has 0 spiro atoms. The number of aromatic nitrogens is 5. The molecule has 148 valence electrons. The summed E-state index contributed by atoms with van der Waals surface area (Å²) in [4.78, 5) is 24.0. The van der Waals surface area contributed by atoms with Gasteiger partial charge in [-0.1, -0.05) is 40.8 Å². The van der Waals surface area contributed by atoms with Gasteiger partial charge in [-0.2, -0.15) is 0 Å². The van der Waals surface area contributed by atoms with Crippen LogP contribution in [-0.4, -0.2) is 30.9 Å². The normalized spacial score (nSPS) is 11.2. The number of para-hydroxylation sites is 1. The lowest BCUT2D eigenvalue weighted by atomic mass is 10.2. The third kappa shape index (κ3) is 3.53. The Morgan fingerprint density at radius 3 is 2.87 bits per heavy atom. The largest absolute Gasteiger partial charge is 0.282 e. The summed E-state index contributed by atoms with van der Waals surface area (Å²) >= 11 is 1.51. The molecule has 3 heterocycles. The third-order valence-electron chi connectivity index (χ3n) is 4.83. The Morgan fingerprint density at radius 1 is 1.10 bits per heavy atom. The number of hydrogen-bond acceptors (Lipinski definition) is 6. The Kier molecular flexibility index (Phi) is 4.68. The molecule has 7 nitrogen and oxygen atoms in total. The molecule has 0 aliphatic heterocycles. The molecule has 0 unspecified atom stereocenters. The zero-order chi connectivity index (χ0) is 20.5. The van der Waals surface area contributed by atoms with E-state index in [2.05, 4.69) is 21.4 Å². The summed E-state index contributed by atoms with van der Waals surface area (Å²) in [5.74, 6) is -0.106. The van der Waals surface area contributed by atoms with Crippen molar-refractivity contribution in [1.29, 1.82) is 0 Å². The molecule has 0 atom stereocenters. The van der Waals surface area contributed by atoms with Crippen LogP contribution in [0.5, 0.6) is 0 Å². The van der Waals surface area contributed by atoms with Crippen LogP contribution in [0.15, 0.2) is 67.0 Å². The number of fused-ring (bicyclic) bond motifs is 2. The van der Waals surface area contributed by atoms with Crippen molar-refractivity contribution in [3.63, 3.8) is 0 Å². The van der Waals surface area contributed by atoms with Crippen molar-refractivity contribution >= 4 is 43.6 Å². The van der Waals surface area contributed by atoms with Crippen LogP contribution in [0.1, 0.15) is 11.1 Å². The Balaban J connectivity index is 1.51. The van der Waals surface area contributed by atoms with E-state index in [1.165, 1.54) is 11.3 Å². The lowest BCUT2D eigenvalue weighted by Crippen LogP contribution is -2.33. The maximum Gasteiger partial charge on any atom is 0.250 e. The molecule has 5 aromatic rings. The molecule has 3 aromatic heterocycles. The minimum absolute atomic E-state index is 0.0791. The number of hydrogen-bond donors (Lipinski definition) is 0. The maximum atomic E-state index is 13.4. The average Bonchev–Trinajstić information content (AvgIpc) is 3.36. The minimum Gasteiger partial charge on any atom is -0.282 e. The van der Waals surface area contributed by atoms with Crippen molar-refractivity contribution in [2.75, 3.05) is 4.90 Å². The molecule has 0 saturated heterocycles. The van der Waals surface area contributed by atoms with E-state index in [1.807, 2.05) is 55.5 Å². The summed E-state index contributed by atoms with van der Waals surface area (Å²) in [6, 6.07) is 17.5. The van der Waals surface area contributed by atoms with Crippen LogP contribution < -0.4 is 4.90 Å². The van der Waals surface area contributed by atoms with Crippen LogP contribution in [-0.2, 0) is 17.9 Å². The number of anilines is 1. The van der Waals surface area contributed by atoms with Gasteiger partial charge < -0.3 is 0 Å². The molecule has 0 fully saturated rings. The summed E-state index contributed by atoms with van der Waals surface area (Å²) in [6.45, 7) is 2.51. The first kappa shape index (κ1) is 18.4. The molecule has 30 heavy (non-hydrogen) atoms. The summed E-state index contributed by atoms with van der Waals surface area (Å²) in [5, 5.41) is 8.98. The van der Waals surface area contributed by atoms with Crippen molar-refractivity contribution in [2.24, 2.45) is 0 Å². The van der Waals surface area contributed by atoms with Gasteiger partial charge in [0.25, 0.3) is 5.91 Å². The molecule has 1 amide bonds. The Labute approximate surface area is 176 Å². The topological polar surface area (TPSA) is 76.8 Å². The van der Waals surface area contributed by atoms with E-state index in [-0.39, 0.29) is 12.5 Å². The third-order valence-corrected chi connectivity index (χ3v) is 5.87. The second-order valence-electron chi connectivity index (χ2n) is 7.04. The number of amides is 1. The molecular formula is C22H18N6OS. The lowest BCUT2D eigenvalue weighted by molar-refractivity contribution is -0.119. The highest BCUT2D eigenvalue weighted by atomic mass is 32.1. The van der Waals surface area contributed by atoms with Crippen molar-refractivity contribution in [3.05, 3.63) is 78.1 Å². The van der Waals surface area contributed by atoms with Crippen molar-refractivity contribution < 1.29 is 4.79 Å². The van der Waals surface area contributed by atoms with Crippen LogP contribution in [0.25, 0.3) is 21.3 Å². The van der Waals surface area contributed by atoms with Crippen LogP contribution in [0.4, 0.5) is 5.13 Å². The Morgan fingerprint density at radius 2 is 2.00 bits per heavy atom. The second-order valence-corrected chi connectivity index (χ2v) is 8.05. The van der Waals surface area contributed by atoms with Crippen LogP contribution in [0.3, 0.4) is 0 Å². The molecule has 2 aromatic carbocycles. The van der Waals surface area contributed by atoms with Gasteiger partial charge in [-0.3, -0.25) is 14.7 Å². The molecule has 0 bridgehead atoms. The molecule has 0 aliphatic carbocycles. The highest BCUT2D eigenvalue weighted by Crippen LogP contribution is 2.30.